The predicted octanol–water partition coefficient (Wildman–Crippen LogP) is -2.46. The molecule has 0 aromatic carbocycles. The third kappa shape index (κ3) is 5.16. The van der Waals surface area contributed by atoms with E-state index in [1.54, 1.807) is 0 Å². The lowest BCUT2D eigenvalue weighted by Crippen LogP contribution is -2.56. The Bertz CT molecular complexity index is 607. The smallest absolute Gasteiger partial charge is 0.320 e. The van der Waals surface area contributed by atoms with Crippen LogP contribution in [0.1, 0.15) is 20.3 Å². The molecular formula is C16H25N3O8. The molecule has 0 spiro atoms. The molecule has 11 nitrogen and oxygen atoms in total. The van der Waals surface area contributed by atoms with Crippen molar-refractivity contribution in [1.29, 1.82) is 0 Å². The number of aliphatic hydroxyl groups is 1. The van der Waals surface area contributed by atoms with E-state index in [-0.39, 0.29) is 13.0 Å². The summed E-state index contributed by atoms with van der Waals surface area (Å²) < 4.78 is 9.13. The van der Waals surface area contributed by atoms with E-state index >= 15 is 0 Å². The van der Waals surface area contributed by atoms with E-state index in [2.05, 4.69) is 14.8 Å². The summed E-state index contributed by atoms with van der Waals surface area (Å²) in [5, 5.41) is 12.1. The molecule has 0 bridgehead atoms. The maximum Gasteiger partial charge on any atom is 0.320 e. The van der Waals surface area contributed by atoms with Crippen LogP contribution in [0.2, 0.25) is 0 Å². The lowest BCUT2D eigenvalue weighted by Gasteiger charge is -2.29. The maximum atomic E-state index is 12.6. The van der Waals surface area contributed by atoms with Crippen molar-refractivity contribution in [2.24, 2.45) is 17.6 Å². The number of carbonyl (C=O) groups excluding carboxylic acids is 5. The predicted molar refractivity (Wildman–Crippen MR) is 89.6 cm³/mol. The van der Waals surface area contributed by atoms with Crippen LogP contribution in [0.15, 0.2) is 0 Å². The van der Waals surface area contributed by atoms with Gasteiger partial charge in [-0.3, -0.25) is 24.0 Å². The molecule has 1 fully saturated rings. The van der Waals surface area contributed by atoms with Crippen LogP contribution in [0.25, 0.3) is 0 Å². The number of β-amino-alcohol motifs (C(OH)–C–C–N with tert-alkyl or cyclic N) is 1. The summed E-state index contributed by atoms with van der Waals surface area (Å²) in [5.41, 5.74) is 5.34. The number of carbonyl (C=O) groups is 5. The minimum atomic E-state index is -1.49. The number of nitrogens with two attached hydrogens (primary N) is 1. The fourth-order valence-electron chi connectivity index (χ4n) is 3.09. The molecule has 0 aliphatic carbocycles. The summed E-state index contributed by atoms with van der Waals surface area (Å²) in [6.45, 7) is 2.59. The van der Waals surface area contributed by atoms with E-state index in [0.717, 1.165) is 14.2 Å². The summed E-state index contributed by atoms with van der Waals surface area (Å²) in [6.07, 6.45) is -0.894. The zero-order valence-electron chi connectivity index (χ0n) is 15.6. The van der Waals surface area contributed by atoms with Crippen molar-refractivity contribution in [3.05, 3.63) is 0 Å². The Morgan fingerprint density at radius 1 is 1.15 bits per heavy atom. The van der Waals surface area contributed by atoms with Crippen LogP contribution >= 0.6 is 0 Å². The first-order valence-electron chi connectivity index (χ1n) is 8.25. The Hall–Kier alpha value is -2.69. The van der Waals surface area contributed by atoms with Crippen molar-refractivity contribution >= 4 is 29.7 Å². The van der Waals surface area contributed by atoms with Crippen molar-refractivity contribution in [2.75, 3.05) is 20.8 Å². The third-order valence-corrected chi connectivity index (χ3v) is 4.55. The normalized spacial score (nSPS) is 21.3. The number of esters is 2. The molecule has 1 rings (SSSR count). The number of rotatable bonds is 7. The number of amides is 3. The first-order chi connectivity index (χ1) is 12.5. The summed E-state index contributed by atoms with van der Waals surface area (Å²) in [4.78, 5) is 61.1. The molecule has 1 saturated heterocycles. The Morgan fingerprint density at radius 3 is 2.07 bits per heavy atom. The third-order valence-electron chi connectivity index (χ3n) is 4.55. The van der Waals surface area contributed by atoms with Crippen molar-refractivity contribution in [2.45, 2.75) is 38.5 Å². The minimum Gasteiger partial charge on any atom is -0.468 e. The molecule has 1 heterocycles. The average molecular weight is 387 g/mol. The topological polar surface area (TPSA) is 165 Å². The van der Waals surface area contributed by atoms with Crippen LogP contribution in [0, 0.1) is 11.8 Å². The lowest BCUT2D eigenvalue weighted by atomic mass is 9.86. The second-order valence-electron chi connectivity index (χ2n) is 6.35. The Balaban J connectivity index is 3.05. The van der Waals surface area contributed by atoms with Gasteiger partial charge in [0.1, 0.15) is 12.1 Å². The summed E-state index contributed by atoms with van der Waals surface area (Å²) in [5.74, 6) is -6.60. The zero-order chi connectivity index (χ0) is 20.9. The van der Waals surface area contributed by atoms with Gasteiger partial charge in [0.15, 0.2) is 5.92 Å². The average Bonchev–Trinajstić information content (AvgIpc) is 3.00. The molecule has 3 amide bonds. The highest BCUT2D eigenvalue weighted by molar-refractivity contribution is 5.97. The number of aliphatic hydroxyl groups excluding tert-OH is 1. The van der Waals surface area contributed by atoms with E-state index in [4.69, 9.17) is 5.73 Å². The van der Waals surface area contributed by atoms with Gasteiger partial charge in [0.25, 0.3) is 0 Å². The van der Waals surface area contributed by atoms with Gasteiger partial charge in [-0.1, -0.05) is 6.92 Å². The van der Waals surface area contributed by atoms with E-state index in [0.29, 0.717) is 0 Å². The van der Waals surface area contributed by atoms with Gasteiger partial charge < -0.3 is 30.5 Å². The molecule has 0 aromatic heterocycles. The molecule has 4 atom stereocenters. The van der Waals surface area contributed by atoms with Crippen LogP contribution in [-0.4, -0.2) is 78.6 Å². The number of nitrogens with zero attached hydrogens (tertiary/aromatic N) is 1. The summed E-state index contributed by atoms with van der Waals surface area (Å²) >= 11 is 0. The molecule has 152 valence electrons. The van der Waals surface area contributed by atoms with Crippen LogP contribution in [0.3, 0.4) is 0 Å². The van der Waals surface area contributed by atoms with Gasteiger partial charge in [0.05, 0.1) is 20.3 Å². The number of hydrogen-bond acceptors (Lipinski definition) is 8. The first kappa shape index (κ1) is 22.4. The highest BCUT2D eigenvalue weighted by Gasteiger charge is 2.44. The van der Waals surface area contributed by atoms with E-state index < -0.39 is 59.7 Å². The fraction of sp³-hybridized carbons (Fsp3) is 0.688. The first-order valence-corrected chi connectivity index (χ1v) is 8.25. The van der Waals surface area contributed by atoms with Gasteiger partial charge in [0.2, 0.25) is 17.7 Å². The molecule has 1 aliphatic rings. The Kier molecular flexibility index (Phi) is 7.70. The Labute approximate surface area is 156 Å². The van der Waals surface area contributed by atoms with Gasteiger partial charge in [-0.05, 0) is 0 Å². The maximum absolute atomic E-state index is 12.6. The second-order valence-corrected chi connectivity index (χ2v) is 6.35. The standard InChI is InChI=1S/C16H25N3O8/c1-7(11(15(24)26-3)16(25)27-4)12(13(17)22)18-14(23)10-5-9(21)6-19(10)8(2)20/h7,9-12,21H,5-6H2,1-4H3,(H2,17,22)(H,18,23)/t7-,9+,10-,12+/m0/s1. The van der Waals surface area contributed by atoms with Crippen LogP contribution in [-0.2, 0) is 33.4 Å². The Morgan fingerprint density at radius 2 is 1.67 bits per heavy atom. The van der Waals surface area contributed by atoms with Gasteiger partial charge in [0, 0.05) is 25.8 Å². The van der Waals surface area contributed by atoms with Crippen molar-refractivity contribution in [1.82, 2.24) is 10.2 Å². The van der Waals surface area contributed by atoms with E-state index in [1.807, 2.05) is 0 Å². The molecule has 0 unspecified atom stereocenters. The van der Waals surface area contributed by atoms with Crippen molar-refractivity contribution < 1.29 is 38.6 Å². The molecule has 0 radical (unpaired) electrons. The largest absolute Gasteiger partial charge is 0.468 e. The van der Waals surface area contributed by atoms with Gasteiger partial charge >= 0.3 is 11.9 Å². The fourth-order valence-corrected chi connectivity index (χ4v) is 3.09. The van der Waals surface area contributed by atoms with Crippen molar-refractivity contribution in [3.8, 4) is 0 Å². The van der Waals surface area contributed by atoms with Gasteiger partial charge in [-0.15, -0.1) is 0 Å². The number of nitrogens with one attached hydrogen (secondary N) is 1. The van der Waals surface area contributed by atoms with Crippen LogP contribution in [0.4, 0.5) is 0 Å². The monoisotopic (exact) mass is 387 g/mol. The van der Waals surface area contributed by atoms with Crippen LogP contribution in [0.5, 0.6) is 0 Å². The quantitative estimate of drug-likeness (QED) is 0.319. The summed E-state index contributed by atoms with van der Waals surface area (Å²) in [6, 6.07) is -2.41. The van der Waals surface area contributed by atoms with E-state index in [1.165, 1.54) is 18.7 Å². The van der Waals surface area contributed by atoms with E-state index in [9.17, 15) is 29.1 Å². The number of methoxy groups -OCH3 is 2. The van der Waals surface area contributed by atoms with Gasteiger partial charge in [-0.2, -0.15) is 0 Å². The molecule has 27 heavy (non-hydrogen) atoms. The molecule has 1 aliphatic heterocycles. The summed E-state index contributed by atoms with van der Waals surface area (Å²) in [7, 11) is 2.13. The lowest BCUT2D eigenvalue weighted by molar-refractivity contribution is -0.162. The SMILES string of the molecule is COC(=O)C(C(=O)OC)[C@H](C)[C@@H](NC(=O)[C@@H]1C[C@@H](O)CN1C(C)=O)C(N)=O. The molecule has 11 heteroatoms. The highest BCUT2D eigenvalue weighted by Crippen LogP contribution is 2.22. The minimum absolute atomic E-state index is 0.0112. The molecule has 4 N–H and O–H groups in total. The van der Waals surface area contributed by atoms with Crippen LogP contribution < -0.4 is 11.1 Å². The number of likely N-dealkylation sites (tertiary alicyclic amines) is 1. The molecular weight excluding hydrogens is 362 g/mol. The highest BCUT2D eigenvalue weighted by atomic mass is 16.5. The van der Waals surface area contributed by atoms with Crippen molar-refractivity contribution in [3.63, 3.8) is 0 Å². The van der Waals surface area contributed by atoms with Gasteiger partial charge in [-0.25, -0.2) is 0 Å². The number of ether oxygens (including phenoxy) is 2. The second kappa shape index (κ2) is 9.31. The zero-order valence-corrected chi connectivity index (χ0v) is 15.6. The number of hydrogen-bond donors (Lipinski definition) is 3. The molecule has 0 saturated carbocycles. The number of primary amides is 1. The molecule has 0 aromatic rings.